The van der Waals surface area contributed by atoms with E-state index in [4.69, 9.17) is 9.47 Å². The van der Waals surface area contributed by atoms with Gasteiger partial charge >= 0.3 is 0 Å². The molecule has 1 saturated heterocycles. The molecule has 0 aromatic heterocycles. The van der Waals surface area contributed by atoms with Gasteiger partial charge in [-0.2, -0.15) is 0 Å². The molecule has 1 atom stereocenters. The van der Waals surface area contributed by atoms with Crippen LogP contribution in [-0.2, 0) is 6.54 Å². The standard InChI is InChI=1S/C24H32N2O3/c1-5-25(6-2)17-18-9-11-19(12-10-18)24(27)26-15-7-8-22(26)21-16-20(28-3)13-14-23(21)29-4/h9-14,16,22H,5-8,15,17H2,1-4H3. The van der Waals surface area contributed by atoms with E-state index in [1.807, 2.05) is 35.2 Å². The maximum absolute atomic E-state index is 13.3. The predicted molar refractivity (Wildman–Crippen MR) is 116 cm³/mol. The fourth-order valence-electron chi connectivity index (χ4n) is 4.06. The summed E-state index contributed by atoms with van der Waals surface area (Å²) in [5, 5.41) is 0. The average molecular weight is 397 g/mol. The highest BCUT2D eigenvalue weighted by Crippen LogP contribution is 2.39. The van der Waals surface area contributed by atoms with Crippen molar-refractivity contribution in [3.63, 3.8) is 0 Å². The van der Waals surface area contributed by atoms with Crippen molar-refractivity contribution < 1.29 is 14.3 Å². The van der Waals surface area contributed by atoms with Crippen LogP contribution in [0.2, 0.25) is 0 Å². The largest absolute Gasteiger partial charge is 0.497 e. The molecule has 0 spiro atoms. The van der Waals surface area contributed by atoms with E-state index in [0.717, 1.165) is 61.6 Å². The first-order chi connectivity index (χ1) is 14.1. The summed E-state index contributed by atoms with van der Waals surface area (Å²) in [6, 6.07) is 13.9. The number of nitrogens with zero attached hydrogens (tertiary/aromatic N) is 2. The van der Waals surface area contributed by atoms with E-state index < -0.39 is 0 Å². The Bertz CT molecular complexity index is 815. The lowest BCUT2D eigenvalue weighted by molar-refractivity contribution is 0.0734. The Balaban J connectivity index is 1.80. The minimum absolute atomic E-state index is 0.00269. The number of methoxy groups -OCH3 is 2. The molecule has 1 heterocycles. The molecule has 0 aliphatic carbocycles. The van der Waals surface area contributed by atoms with Gasteiger partial charge in [-0.15, -0.1) is 0 Å². The number of carbonyl (C=O) groups excluding carboxylic acids is 1. The summed E-state index contributed by atoms with van der Waals surface area (Å²) in [7, 11) is 3.32. The van der Waals surface area contributed by atoms with E-state index in [1.54, 1.807) is 14.2 Å². The zero-order chi connectivity index (χ0) is 20.8. The Kier molecular flexibility index (Phi) is 7.15. The molecule has 1 unspecified atom stereocenters. The topological polar surface area (TPSA) is 42.0 Å². The van der Waals surface area contributed by atoms with Crippen LogP contribution in [0, 0.1) is 0 Å². The summed E-state index contributed by atoms with van der Waals surface area (Å²) >= 11 is 0. The highest BCUT2D eigenvalue weighted by Gasteiger charge is 2.32. The number of hydrogen-bond acceptors (Lipinski definition) is 4. The Morgan fingerprint density at radius 3 is 2.41 bits per heavy atom. The van der Waals surface area contributed by atoms with Crippen LogP contribution in [0.3, 0.4) is 0 Å². The lowest BCUT2D eigenvalue weighted by atomic mass is 10.0. The number of rotatable bonds is 8. The Hall–Kier alpha value is -2.53. The minimum Gasteiger partial charge on any atom is -0.497 e. The number of amides is 1. The maximum atomic E-state index is 13.3. The zero-order valence-corrected chi connectivity index (χ0v) is 18.0. The molecule has 29 heavy (non-hydrogen) atoms. The Labute approximate surface area is 174 Å². The van der Waals surface area contributed by atoms with Crippen LogP contribution in [0.25, 0.3) is 0 Å². The summed E-state index contributed by atoms with van der Waals surface area (Å²) < 4.78 is 11.0. The highest BCUT2D eigenvalue weighted by atomic mass is 16.5. The molecule has 0 N–H and O–H groups in total. The molecule has 1 fully saturated rings. The van der Waals surface area contributed by atoms with Crippen LogP contribution in [0.15, 0.2) is 42.5 Å². The molecule has 2 aromatic carbocycles. The van der Waals surface area contributed by atoms with Gasteiger partial charge in [-0.25, -0.2) is 0 Å². The number of ether oxygens (including phenoxy) is 2. The number of carbonyl (C=O) groups is 1. The molecular weight excluding hydrogens is 364 g/mol. The zero-order valence-electron chi connectivity index (χ0n) is 18.0. The fourth-order valence-corrected chi connectivity index (χ4v) is 4.06. The van der Waals surface area contributed by atoms with Gasteiger partial charge < -0.3 is 14.4 Å². The molecule has 1 aliphatic heterocycles. The van der Waals surface area contributed by atoms with Gasteiger partial charge in [0.1, 0.15) is 11.5 Å². The van der Waals surface area contributed by atoms with Crippen molar-refractivity contribution in [2.45, 2.75) is 39.3 Å². The molecule has 156 valence electrons. The van der Waals surface area contributed by atoms with Gasteiger partial charge in [0.25, 0.3) is 5.91 Å². The van der Waals surface area contributed by atoms with Crippen LogP contribution in [-0.4, -0.2) is 49.6 Å². The molecule has 1 amide bonds. The van der Waals surface area contributed by atoms with Gasteiger partial charge in [0, 0.05) is 24.2 Å². The summed E-state index contributed by atoms with van der Waals surface area (Å²) in [5.74, 6) is 1.65. The van der Waals surface area contributed by atoms with Crippen LogP contribution in [0.4, 0.5) is 0 Å². The summed E-state index contributed by atoms with van der Waals surface area (Å²) in [5.41, 5.74) is 2.98. The first-order valence-corrected chi connectivity index (χ1v) is 10.4. The molecule has 0 bridgehead atoms. The average Bonchev–Trinajstić information content (AvgIpc) is 3.26. The maximum Gasteiger partial charge on any atom is 0.254 e. The van der Waals surface area contributed by atoms with Crippen molar-refractivity contribution in [1.29, 1.82) is 0 Å². The summed E-state index contributed by atoms with van der Waals surface area (Å²) in [4.78, 5) is 17.6. The van der Waals surface area contributed by atoms with Gasteiger partial charge in [-0.1, -0.05) is 26.0 Å². The third kappa shape index (κ3) is 4.73. The van der Waals surface area contributed by atoms with Crippen molar-refractivity contribution in [3.05, 3.63) is 59.2 Å². The first kappa shape index (κ1) is 21.2. The lowest BCUT2D eigenvalue weighted by Crippen LogP contribution is -2.30. The SMILES string of the molecule is CCN(CC)Cc1ccc(C(=O)N2CCCC2c2cc(OC)ccc2OC)cc1. The van der Waals surface area contributed by atoms with Gasteiger partial charge in [0.15, 0.2) is 0 Å². The van der Waals surface area contributed by atoms with E-state index in [9.17, 15) is 4.79 Å². The Morgan fingerprint density at radius 1 is 1.07 bits per heavy atom. The first-order valence-electron chi connectivity index (χ1n) is 10.4. The summed E-state index contributed by atoms with van der Waals surface area (Å²) in [6.07, 6.45) is 1.91. The smallest absolute Gasteiger partial charge is 0.254 e. The van der Waals surface area contributed by atoms with E-state index in [2.05, 4.69) is 30.9 Å². The van der Waals surface area contributed by atoms with Crippen LogP contribution >= 0.6 is 0 Å². The van der Waals surface area contributed by atoms with Gasteiger partial charge in [0.05, 0.1) is 20.3 Å². The van der Waals surface area contributed by atoms with Crippen LogP contribution in [0.1, 0.15) is 54.2 Å². The van der Waals surface area contributed by atoms with Crippen molar-refractivity contribution >= 4 is 5.91 Å². The van der Waals surface area contributed by atoms with Gasteiger partial charge in [-0.05, 0) is 61.8 Å². The van der Waals surface area contributed by atoms with E-state index in [-0.39, 0.29) is 11.9 Å². The normalized spacial score (nSPS) is 16.3. The predicted octanol–water partition coefficient (Wildman–Crippen LogP) is 4.52. The highest BCUT2D eigenvalue weighted by molar-refractivity contribution is 5.94. The van der Waals surface area contributed by atoms with E-state index >= 15 is 0 Å². The van der Waals surface area contributed by atoms with E-state index in [1.165, 1.54) is 5.56 Å². The molecular formula is C24H32N2O3. The van der Waals surface area contributed by atoms with Crippen LogP contribution < -0.4 is 9.47 Å². The van der Waals surface area contributed by atoms with Crippen LogP contribution in [0.5, 0.6) is 11.5 Å². The molecule has 0 radical (unpaired) electrons. The minimum atomic E-state index is 0.00269. The summed E-state index contributed by atoms with van der Waals surface area (Å²) in [6.45, 7) is 8.05. The van der Waals surface area contributed by atoms with Crippen molar-refractivity contribution in [1.82, 2.24) is 9.80 Å². The van der Waals surface area contributed by atoms with Crippen molar-refractivity contribution in [2.24, 2.45) is 0 Å². The second-order valence-corrected chi connectivity index (χ2v) is 7.42. The third-order valence-electron chi connectivity index (χ3n) is 5.81. The third-order valence-corrected chi connectivity index (χ3v) is 5.81. The van der Waals surface area contributed by atoms with E-state index in [0.29, 0.717) is 0 Å². The second-order valence-electron chi connectivity index (χ2n) is 7.42. The van der Waals surface area contributed by atoms with Crippen molar-refractivity contribution in [3.8, 4) is 11.5 Å². The van der Waals surface area contributed by atoms with Gasteiger partial charge in [-0.3, -0.25) is 9.69 Å². The molecule has 1 aliphatic rings. The molecule has 0 saturated carbocycles. The number of hydrogen-bond donors (Lipinski definition) is 0. The second kappa shape index (κ2) is 9.79. The quantitative estimate of drug-likeness (QED) is 0.658. The monoisotopic (exact) mass is 396 g/mol. The number of likely N-dealkylation sites (tertiary alicyclic amines) is 1. The number of benzene rings is 2. The molecule has 5 heteroatoms. The lowest BCUT2D eigenvalue weighted by Gasteiger charge is -2.27. The molecule has 3 rings (SSSR count). The molecule has 2 aromatic rings. The van der Waals surface area contributed by atoms with Gasteiger partial charge in [0.2, 0.25) is 0 Å². The Morgan fingerprint density at radius 2 is 1.79 bits per heavy atom. The molecule has 5 nitrogen and oxygen atoms in total. The van der Waals surface area contributed by atoms with Crippen molar-refractivity contribution in [2.75, 3.05) is 33.9 Å². The fraction of sp³-hybridized carbons (Fsp3) is 0.458.